The van der Waals surface area contributed by atoms with Crippen LogP contribution in [0.25, 0.3) is 0 Å². The first-order valence-corrected chi connectivity index (χ1v) is 8.14. The first kappa shape index (κ1) is 18.0. The lowest BCUT2D eigenvalue weighted by molar-refractivity contribution is -0.126. The number of nitrogens with one attached hydrogen (secondary N) is 2. The van der Waals surface area contributed by atoms with Crippen LogP contribution in [-0.2, 0) is 10.2 Å². The summed E-state index contributed by atoms with van der Waals surface area (Å²) in [6, 6.07) is 6.45. The molecule has 1 aliphatic heterocycles. The Bertz CT molecular complexity index is 565. The maximum atomic E-state index is 13.2. The van der Waals surface area contributed by atoms with Gasteiger partial charge in [0.1, 0.15) is 5.82 Å². The molecule has 1 amide bonds. The fraction of sp³-hybridized carbons (Fsp3) is 0.500. The molecule has 1 saturated carbocycles. The Hall–Kier alpha value is -1.39. The molecule has 0 radical (unpaired) electrons. The van der Waals surface area contributed by atoms with Crippen molar-refractivity contribution in [1.82, 2.24) is 10.6 Å². The van der Waals surface area contributed by atoms with Gasteiger partial charge >= 0.3 is 0 Å². The normalized spacial score (nSPS) is 19.6. The summed E-state index contributed by atoms with van der Waals surface area (Å²) in [5.74, 6) is -0.159. The van der Waals surface area contributed by atoms with Crippen LogP contribution >= 0.6 is 12.4 Å². The molecule has 2 N–H and O–H groups in total. The average Bonchev–Trinajstić information content (AvgIpc) is 3.05. The van der Waals surface area contributed by atoms with Crippen molar-refractivity contribution in [2.75, 3.05) is 19.6 Å². The summed E-state index contributed by atoms with van der Waals surface area (Å²) >= 11 is 0. The minimum absolute atomic E-state index is 0. The molecule has 0 unspecified atom stereocenters. The second-order valence-corrected chi connectivity index (χ2v) is 6.30. The summed E-state index contributed by atoms with van der Waals surface area (Å²) in [6.07, 6.45) is 6.96. The zero-order chi connectivity index (χ0) is 15.4. The molecule has 23 heavy (non-hydrogen) atoms. The van der Waals surface area contributed by atoms with E-state index in [2.05, 4.69) is 16.7 Å². The lowest BCUT2D eigenvalue weighted by atomic mass is 9.78. The van der Waals surface area contributed by atoms with Crippen molar-refractivity contribution in [2.45, 2.75) is 37.5 Å². The lowest BCUT2D eigenvalue weighted by Gasteiger charge is -2.29. The van der Waals surface area contributed by atoms with Crippen molar-refractivity contribution in [3.8, 4) is 0 Å². The molecule has 3 rings (SSSR count). The largest absolute Gasteiger partial charge is 0.352 e. The van der Waals surface area contributed by atoms with E-state index in [0.29, 0.717) is 6.54 Å². The van der Waals surface area contributed by atoms with Crippen molar-refractivity contribution in [3.05, 3.63) is 47.3 Å². The van der Waals surface area contributed by atoms with Gasteiger partial charge in [-0.2, -0.15) is 0 Å². The highest BCUT2D eigenvalue weighted by Crippen LogP contribution is 2.41. The number of rotatable bonds is 4. The third-order valence-electron chi connectivity index (χ3n) is 4.92. The van der Waals surface area contributed by atoms with Crippen LogP contribution in [0.15, 0.2) is 35.9 Å². The number of benzene rings is 1. The topological polar surface area (TPSA) is 41.1 Å². The predicted octanol–water partition coefficient (Wildman–Crippen LogP) is 3.10. The van der Waals surface area contributed by atoms with Gasteiger partial charge in [0.25, 0.3) is 0 Å². The highest BCUT2D eigenvalue weighted by molar-refractivity contribution is 5.88. The zero-order valence-corrected chi connectivity index (χ0v) is 14.1. The number of carbonyl (C=O) groups is 1. The highest BCUT2D eigenvalue weighted by atomic mass is 35.5. The van der Waals surface area contributed by atoms with E-state index >= 15 is 0 Å². The van der Waals surface area contributed by atoms with Gasteiger partial charge in [0.05, 0.1) is 5.41 Å². The number of halogens is 2. The van der Waals surface area contributed by atoms with E-state index in [1.807, 2.05) is 0 Å². The molecule has 0 spiro atoms. The van der Waals surface area contributed by atoms with Gasteiger partial charge < -0.3 is 10.6 Å². The molecule has 0 aromatic heterocycles. The predicted molar refractivity (Wildman–Crippen MR) is 92.4 cm³/mol. The van der Waals surface area contributed by atoms with Crippen LogP contribution in [0, 0.1) is 5.82 Å². The fourth-order valence-electron chi connectivity index (χ4n) is 3.59. The first-order valence-electron chi connectivity index (χ1n) is 8.14. The smallest absolute Gasteiger partial charge is 0.230 e. The van der Waals surface area contributed by atoms with Crippen molar-refractivity contribution >= 4 is 18.3 Å². The van der Waals surface area contributed by atoms with E-state index in [1.165, 1.54) is 17.7 Å². The van der Waals surface area contributed by atoms with E-state index in [-0.39, 0.29) is 24.1 Å². The third kappa shape index (κ3) is 3.93. The van der Waals surface area contributed by atoms with Crippen molar-refractivity contribution in [3.63, 3.8) is 0 Å². The summed E-state index contributed by atoms with van der Waals surface area (Å²) < 4.78 is 13.2. The summed E-state index contributed by atoms with van der Waals surface area (Å²) in [6.45, 7) is 2.49. The minimum atomic E-state index is -0.471. The molecule has 3 nitrogen and oxygen atoms in total. The molecule has 1 aliphatic carbocycles. The van der Waals surface area contributed by atoms with E-state index in [0.717, 1.165) is 50.8 Å². The molecule has 126 valence electrons. The summed E-state index contributed by atoms with van der Waals surface area (Å²) in [7, 11) is 0. The molecule has 2 aliphatic rings. The molecule has 1 aromatic rings. The van der Waals surface area contributed by atoms with Crippen LogP contribution in [0.3, 0.4) is 0 Å². The molecular weight excluding hydrogens is 315 g/mol. The maximum Gasteiger partial charge on any atom is 0.230 e. The molecule has 1 fully saturated rings. The van der Waals surface area contributed by atoms with E-state index in [9.17, 15) is 9.18 Å². The Morgan fingerprint density at radius 2 is 1.91 bits per heavy atom. The van der Waals surface area contributed by atoms with Gasteiger partial charge in [0, 0.05) is 13.1 Å². The van der Waals surface area contributed by atoms with E-state index in [1.54, 1.807) is 12.1 Å². The summed E-state index contributed by atoms with van der Waals surface area (Å²) in [5.41, 5.74) is 1.77. The van der Waals surface area contributed by atoms with Crippen LogP contribution < -0.4 is 10.6 Å². The second kappa shape index (κ2) is 7.93. The monoisotopic (exact) mass is 338 g/mol. The lowest BCUT2D eigenvalue weighted by Crippen LogP contribution is -2.43. The van der Waals surface area contributed by atoms with Gasteiger partial charge in [-0.15, -0.1) is 12.4 Å². The molecule has 0 saturated heterocycles. The molecule has 1 heterocycles. The molecular formula is C18H24ClFN2O. The van der Waals surface area contributed by atoms with Gasteiger partial charge in [0.2, 0.25) is 5.91 Å². The third-order valence-corrected chi connectivity index (χ3v) is 4.92. The fourth-order valence-corrected chi connectivity index (χ4v) is 3.59. The second-order valence-electron chi connectivity index (χ2n) is 6.30. The van der Waals surface area contributed by atoms with Crippen LogP contribution in [0.4, 0.5) is 4.39 Å². The first-order chi connectivity index (χ1) is 10.7. The Morgan fingerprint density at radius 1 is 1.22 bits per heavy atom. The zero-order valence-electron chi connectivity index (χ0n) is 13.2. The van der Waals surface area contributed by atoms with Crippen LogP contribution in [-0.4, -0.2) is 25.5 Å². The van der Waals surface area contributed by atoms with Gasteiger partial charge in [-0.25, -0.2) is 4.39 Å². The van der Waals surface area contributed by atoms with Gasteiger partial charge in [-0.1, -0.05) is 36.6 Å². The van der Waals surface area contributed by atoms with Crippen LogP contribution in [0.2, 0.25) is 0 Å². The van der Waals surface area contributed by atoms with Gasteiger partial charge in [-0.3, -0.25) is 4.79 Å². The molecule has 1 aromatic carbocycles. The minimum Gasteiger partial charge on any atom is -0.352 e. The summed E-state index contributed by atoms with van der Waals surface area (Å²) in [5, 5.41) is 6.39. The molecule has 0 bridgehead atoms. The van der Waals surface area contributed by atoms with Crippen molar-refractivity contribution < 1.29 is 9.18 Å². The summed E-state index contributed by atoms with van der Waals surface area (Å²) in [4.78, 5) is 12.8. The van der Waals surface area contributed by atoms with Crippen molar-refractivity contribution in [2.24, 2.45) is 0 Å². The molecule has 5 heteroatoms. The quantitative estimate of drug-likeness (QED) is 0.828. The number of hydrogen-bond donors (Lipinski definition) is 2. The Morgan fingerprint density at radius 3 is 2.52 bits per heavy atom. The Kier molecular flexibility index (Phi) is 6.19. The number of carbonyl (C=O) groups excluding carboxylic acids is 1. The molecule has 0 atom stereocenters. The SMILES string of the molecule is Cl.O=C(NCC1=CCNCC1)C1(c2ccc(F)cc2)CCCC1. The standard InChI is InChI=1S/C18H23FN2O.ClH/c19-16-5-3-15(4-6-16)18(9-1-2-10-18)17(22)21-13-14-7-11-20-12-8-14;/h3-7,20H,1-2,8-13H2,(H,21,22);1H. The van der Waals surface area contributed by atoms with E-state index < -0.39 is 5.41 Å². The van der Waals surface area contributed by atoms with Crippen LogP contribution in [0.5, 0.6) is 0 Å². The maximum absolute atomic E-state index is 13.2. The Labute approximate surface area is 143 Å². The van der Waals surface area contributed by atoms with Gasteiger partial charge in [-0.05, 0) is 43.5 Å². The number of amides is 1. The highest BCUT2D eigenvalue weighted by Gasteiger charge is 2.42. The van der Waals surface area contributed by atoms with Crippen molar-refractivity contribution in [1.29, 1.82) is 0 Å². The van der Waals surface area contributed by atoms with Crippen LogP contribution in [0.1, 0.15) is 37.7 Å². The van der Waals surface area contributed by atoms with Gasteiger partial charge in [0.15, 0.2) is 0 Å². The average molecular weight is 339 g/mol. The number of hydrogen-bond acceptors (Lipinski definition) is 2. The Balaban J connectivity index is 0.00000192. The van der Waals surface area contributed by atoms with E-state index in [4.69, 9.17) is 0 Å².